The predicted molar refractivity (Wildman–Crippen MR) is 171 cm³/mol. The Labute approximate surface area is 237 Å². The zero-order valence-electron chi connectivity index (χ0n) is 23.0. The highest BCUT2D eigenvalue weighted by molar-refractivity contribution is 5.83. The van der Waals surface area contributed by atoms with Crippen molar-refractivity contribution in [3.8, 4) is 11.1 Å². The summed E-state index contributed by atoms with van der Waals surface area (Å²) in [5.41, 5.74) is 11.8. The van der Waals surface area contributed by atoms with Crippen molar-refractivity contribution in [2.75, 3.05) is 5.32 Å². The van der Waals surface area contributed by atoms with Gasteiger partial charge in [-0.2, -0.15) is 4.48 Å². The van der Waals surface area contributed by atoms with Crippen molar-refractivity contribution in [2.45, 2.75) is 13.8 Å². The van der Waals surface area contributed by atoms with Crippen LogP contribution >= 0.6 is 0 Å². The van der Waals surface area contributed by atoms with Crippen LogP contribution in [0.25, 0.3) is 11.1 Å². The van der Waals surface area contributed by atoms with Gasteiger partial charge in [-0.3, -0.25) is 0 Å². The Morgan fingerprint density at radius 3 is 1.40 bits per heavy atom. The monoisotopic (exact) mass is 517 g/mol. The molecular weight excluding hydrogens is 484 g/mol. The highest BCUT2D eigenvalue weighted by Crippen LogP contribution is 2.51. The second-order valence-corrected chi connectivity index (χ2v) is 10.3. The number of rotatable bonds is 7. The topological polar surface area (TPSA) is 12.0 Å². The lowest BCUT2D eigenvalue weighted by Gasteiger charge is -2.37. The van der Waals surface area contributed by atoms with E-state index in [0.717, 1.165) is 11.4 Å². The minimum atomic E-state index is 0.503. The fourth-order valence-corrected chi connectivity index (χ4v) is 5.55. The minimum Gasteiger partial charge on any atom is -0.356 e. The van der Waals surface area contributed by atoms with Gasteiger partial charge >= 0.3 is 0 Å². The third-order valence-electron chi connectivity index (χ3n) is 7.46. The zero-order valence-corrected chi connectivity index (χ0v) is 23.0. The molecule has 0 amide bonds. The van der Waals surface area contributed by atoms with Gasteiger partial charge in [-0.1, -0.05) is 72.8 Å². The van der Waals surface area contributed by atoms with Crippen molar-refractivity contribution in [1.82, 2.24) is 4.48 Å². The van der Waals surface area contributed by atoms with Gasteiger partial charge in [0.15, 0.2) is 0 Å². The van der Waals surface area contributed by atoms with Crippen LogP contribution in [0.5, 0.6) is 0 Å². The number of anilines is 2. The molecular formula is C38H33N2+. The molecule has 6 aromatic rings. The third-order valence-corrected chi connectivity index (χ3v) is 7.46. The minimum absolute atomic E-state index is 0.503. The van der Waals surface area contributed by atoms with Crippen molar-refractivity contribution in [3.63, 3.8) is 0 Å². The molecule has 0 aliphatic heterocycles. The molecule has 6 rings (SSSR count). The third kappa shape index (κ3) is 4.93. The van der Waals surface area contributed by atoms with Crippen molar-refractivity contribution < 1.29 is 0 Å². The molecule has 0 heterocycles. The van der Waals surface area contributed by atoms with Gasteiger partial charge in [0.2, 0.25) is 0 Å². The second kappa shape index (κ2) is 11.1. The second-order valence-electron chi connectivity index (χ2n) is 10.3. The van der Waals surface area contributed by atoms with Crippen LogP contribution in [0.2, 0.25) is 0 Å². The summed E-state index contributed by atoms with van der Waals surface area (Å²) in [7, 11) is 0. The molecule has 0 aromatic heterocycles. The van der Waals surface area contributed by atoms with E-state index in [4.69, 9.17) is 0 Å². The van der Waals surface area contributed by atoms with E-state index in [1.807, 2.05) is 0 Å². The SMILES string of the molecule is Cc1cccc(Nc2ccc(-c3ccc([N+](c4ccccc4)(c4ccccc4)c4cccc(C)c4)cc3)cc2)c1. The quantitative estimate of drug-likeness (QED) is 0.208. The normalized spacial score (nSPS) is 11.2. The summed E-state index contributed by atoms with van der Waals surface area (Å²) < 4.78 is 0.503. The van der Waals surface area contributed by atoms with Crippen molar-refractivity contribution in [2.24, 2.45) is 0 Å². The molecule has 0 fully saturated rings. The molecule has 0 radical (unpaired) electrons. The Hall–Kier alpha value is -4.92. The maximum absolute atomic E-state index is 3.51. The number of hydrogen-bond acceptors (Lipinski definition) is 1. The first-order chi connectivity index (χ1) is 19.6. The number of quaternary nitrogens is 1. The Balaban J connectivity index is 1.42. The van der Waals surface area contributed by atoms with Gasteiger partial charge in [0.05, 0.1) is 0 Å². The molecule has 0 saturated carbocycles. The van der Waals surface area contributed by atoms with Crippen LogP contribution in [0.1, 0.15) is 11.1 Å². The van der Waals surface area contributed by atoms with E-state index in [1.54, 1.807) is 0 Å². The Morgan fingerprint density at radius 1 is 0.375 bits per heavy atom. The number of benzene rings is 6. The highest BCUT2D eigenvalue weighted by Gasteiger charge is 2.39. The summed E-state index contributed by atoms with van der Waals surface area (Å²) in [6.07, 6.45) is 0. The molecule has 0 unspecified atom stereocenters. The van der Waals surface area contributed by atoms with E-state index in [2.05, 4.69) is 177 Å². The predicted octanol–water partition coefficient (Wildman–Crippen LogP) is 11.0. The molecule has 0 spiro atoms. The van der Waals surface area contributed by atoms with Gasteiger partial charge in [0.1, 0.15) is 22.7 Å². The van der Waals surface area contributed by atoms with E-state index in [1.165, 1.54) is 45.0 Å². The average Bonchev–Trinajstić information content (AvgIpc) is 3.00. The fraction of sp³-hybridized carbons (Fsp3) is 0.0526. The highest BCUT2D eigenvalue weighted by atomic mass is 15.4. The first-order valence-electron chi connectivity index (χ1n) is 13.8. The molecule has 194 valence electrons. The van der Waals surface area contributed by atoms with Crippen LogP contribution < -0.4 is 9.80 Å². The molecule has 6 aromatic carbocycles. The summed E-state index contributed by atoms with van der Waals surface area (Å²) in [6.45, 7) is 4.27. The molecule has 0 aliphatic carbocycles. The lowest BCUT2D eigenvalue weighted by molar-refractivity contribution is 0.703. The van der Waals surface area contributed by atoms with Crippen molar-refractivity contribution in [1.29, 1.82) is 0 Å². The standard InChI is InChI=1S/C38H33N2/c1-29-11-9-13-34(27-29)39-33-23-19-31(20-24-33)32-21-25-37(26-22-32)40(35-14-5-3-6-15-35,36-16-7-4-8-17-36)38-18-10-12-30(2)28-38/h3-28,39H,1-2H3/q+1. The first-order valence-corrected chi connectivity index (χ1v) is 13.8. The molecule has 0 atom stereocenters. The maximum atomic E-state index is 3.51. The molecule has 0 aliphatic rings. The summed E-state index contributed by atoms with van der Waals surface area (Å²) in [4.78, 5) is 0. The lowest BCUT2D eigenvalue weighted by Crippen LogP contribution is -2.33. The number of para-hydroxylation sites is 2. The maximum Gasteiger partial charge on any atom is 0.148 e. The van der Waals surface area contributed by atoms with Gasteiger partial charge in [-0.25, -0.2) is 0 Å². The van der Waals surface area contributed by atoms with Crippen LogP contribution in [-0.2, 0) is 0 Å². The smallest absolute Gasteiger partial charge is 0.148 e. The van der Waals surface area contributed by atoms with E-state index in [-0.39, 0.29) is 0 Å². The van der Waals surface area contributed by atoms with Gasteiger partial charge in [-0.15, -0.1) is 0 Å². The van der Waals surface area contributed by atoms with Gasteiger partial charge in [0.25, 0.3) is 0 Å². The lowest BCUT2D eigenvalue weighted by atomic mass is 10.0. The van der Waals surface area contributed by atoms with Gasteiger partial charge in [0, 0.05) is 59.9 Å². The largest absolute Gasteiger partial charge is 0.356 e. The van der Waals surface area contributed by atoms with Crippen LogP contribution in [0.15, 0.2) is 158 Å². The Morgan fingerprint density at radius 2 is 0.850 bits per heavy atom. The summed E-state index contributed by atoms with van der Waals surface area (Å²) >= 11 is 0. The molecule has 2 nitrogen and oxygen atoms in total. The zero-order chi connectivity index (χ0) is 27.4. The van der Waals surface area contributed by atoms with Crippen LogP contribution in [0, 0.1) is 13.8 Å². The number of aryl methyl sites for hydroxylation is 2. The molecule has 0 bridgehead atoms. The van der Waals surface area contributed by atoms with Crippen molar-refractivity contribution in [3.05, 3.63) is 169 Å². The van der Waals surface area contributed by atoms with Crippen LogP contribution in [0.4, 0.5) is 34.1 Å². The fourth-order valence-electron chi connectivity index (χ4n) is 5.55. The Bertz CT molecular complexity index is 1660. The van der Waals surface area contributed by atoms with Crippen LogP contribution in [-0.4, -0.2) is 0 Å². The Kier molecular flexibility index (Phi) is 7.01. The summed E-state index contributed by atoms with van der Waals surface area (Å²) in [5.74, 6) is 0. The molecule has 2 heteroatoms. The van der Waals surface area contributed by atoms with Crippen LogP contribution in [0.3, 0.4) is 0 Å². The summed E-state index contributed by atoms with van der Waals surface area (Å²) in [6, 6.07) is 56.6. The van der Waals surface area contributed by atoms with E-state index >= 15 is 0 Å². The van der Waals surface area contributed by atoms with E-state index < -0.39 is 0 Å². The molecule has 40 heavy (non-hydrogen) atoms. The molecule has 1 N–H and O–H groups in total. The van der Waals surface area contributed by atoms with Gasteiger partial charge < -0.3 is 5.32 Å². The van der Waals surface area contributed by atoms with Gasteiger partial charge in [-0.05, 0) is 72.5 Å². The number of nitrogens with one attached hydrogen (secondary N) is 1. The first kappa shape index (κ1) is 25.4. The summed E-state index contributed by atoms with van der Waals surface area (Å²) in [5, 5.41) is 3.51. The molecule has 0 saturated heterocycles. The van der Waals surface area contributed by atoms with Crippen molar-refractivity contribution >= 4 is 34.1 Å². The number of nitrogens with zero attached hydrogens (tertiary/aromatic N) is 1. The number of hydrogen-bond donors (Lipinski definition) is 1. The van der Waals surface area contributed by atoms with E-state index in [0.29, 0.717) is 4.48 Å². The average molecular weight is 518 g/mol. The van der Waals surface area contributed by atoms with E-state index in [9.17, 15) is 0 Å².